The first-order valence-corrected chi connectivity index (χ1v) is 11.9. The molecule has 0 aromatic heterocycles. The van der Waals surface area contributed by atoms with E-state index in [-0.39, 0.29) is 11.4 Å². The molecular formula is C23H22ClN3O4S. The first kappa shape index (κ1) is 22.3. The maximum absolute atomic E-state index is 13.0. The highest BCUT2D eigenvalue weighted by Gasteiger charge is 2.39. The quantitative estimate of drug-likeness (QED) is 0.437. The van der Waals surface area contributed by atoms with Crippen molar-refractivity contribution in [3.05, 3.63) is 71.2 Å². The van der Waals surface area contributed by atoms with Crippen LogP contribution in [0.2, 0.25) is 5.02 Å². The molecule has 3 aromatic carbocycles. The number of nitrogens with one attached hydrogen (secondary N) is 1. The number of rotatable bonds is 6. The second-order valence-electron chi connectivity index (χ2n) is 7.36. The number of carbonyl (C=O) groups is 1. The molecule has 1 heterocycles. The van der Waals surface area contributed by atoms with Crippen molar-refractivity contribution in [3.63, 3.8) is 0 Å². The van der Waals surface area contributed by atoms with Crippen LogP contribution in [-0.2, 0) is 14.8 Å². The Labute approximate surface area is 191 Å². The predicted octanol–water partition coefficient (Wildman–Crippen LogP) is 3.81. The van der Waals surface area contributed by atoms with Gasteiger partial charge in [0.05, 0.1) is 18.2 Å². The van der Waals surface area contributed by atoms with Gasteiger partial charge in [0.25, 0.3) is 5.91 Å². The van der Waals surface area contributed by atoms with Gasteiger partial charge < -0.3 is 4.74 Å². The molecule has 0 aliphatic carbocycles. The molecule has 32 heavy (non-hydrogen) atoms. The number of amides is 1. The summed E-state index contributed by atoms with van der Waals surface area (Å²) in [6.07, 6.45) is 2.57. The van der Waals surface area contributed by atoms with Gasteiger partial charge >= 0.3 is 0 Å². The number of nitrogens with zero attached hydrogens (tertiary/aromatic N) is 2. The van der Waals surface area contributed by atoms with Crippen LogP contribution in [0.15, 0.2) is 70.7 Å². The number of hydrazone groups is 1. The number of hydrogen-bond donors (Lipinski definition) is 1. The van der Waals surface area contributed by atoms with E-state index in [4.69, 9.17) is 16.3 Å². The standard InChI is InChI=1S/C23H22ClN3O4S/c1-31-22-13-8-16(19-5-2-3-6-20(19)22)15-25-26-23(28)21-7-4-14-27(21)32(29,30)18-11-9-17(24)10-12-18/h2-3,5-6,8-13,15,21H,4,7,14H2,1H3,(H,26,28)/b25-15-/t21-/m0/s1. The average molecular weight is 472 g/mol. The van der Waals surface area contributed by atoms with Crippen molar-refractivity contribution in [1.82, 2.24) is 9.73 Å². The third-order valence-electron chi connectivity index (χ3n) is 5.44. The molecule has 1 aliphatic heterocycles. The molecule has 1 N–H and O–H groups in total. The Balaban J connectivity index is 1.51. The summed E-state index contributed by atoms with van der Waals surface area (Å²) in [5.74, 6) is 0.282. The second-order valence-corrected chi connectivity index (χ2v) is 9.69. The smallest absolute Gasteiger partial charge is 0.258 e. The van der Waals surface area contributed by atoms with Crippen LogP contribution in [0.5, 0.6) is 5.75 Å². The molecule has 0 bridgehead atoms. The Morgan fingerprint density at radius 3 is 2.56 bits per heavy atom. The van der Waals surface area contributed by atoms with Crippen molar-refractivity contribution in [3.8, 4) is 5.75 Å². The third-order valence-corrected chi connectivity index (χ3v) is 7.62. The molecule has 1 fully saturated rings. The number of methoxy groups -OCH3 is 1. The number of ether oxygens (including phenoxy) is 1. The number of carbonyl (C=O) groups excluding carboxylic acids is 1. The normalized spacial score (nSPS) is 17.1. The molecule has 3 aromatic rings. The molecule has 1 atom stereocenters. The summed E-state index contributed by atoms with van der Waals surface area (Å²) in [7, 11) is -2.20. The van der Waals surface area contributed by atoms with Crippen molar-refractivity contribution in [2.24, 2.45) is 5.10 Å². The van der Waals surface area contributed by atoms with Gasteiger partial charge in [-0.25, -0.2) is 13.8 Å². The van der Waals surface area contributed by atoms with Crippen LogP contribution < -0.4 is 10.2 Å². The van der Waals surface area contributed by atoms with Crippen molar-refractivity contribution in [2.75, 3.05) is 13.7 Å². The topological polar surface area (TPSA) is 88.1 Å². The average Bonchev–Trinajstić information content (AvgIpc) is 3.30. The minimum atomic E-state index is -3.82. The van der Waals surface area contributed by atoms with E-state index in [9.17, 15) is 13.2 Å². The van der Waals surface area contributed by atoms with Crippen LogP contribution in [0.1, 0.15) is 18.4 Å². The zero-order valence-corrected chi connectivity index (χ0v) is 18.9. The van der Waals surface area contributed by atoms with Gasteiger partial charge in [0.2, 0.25) is 10.0 Å². The lowest BCUT2D eigenvalue weighted by molar-refractivity contribution is -0.124. The molecule has 0 radical (unpaired) electrons. The highest BCUT2D eigenvalue weighted by Crippen LogP contribution is 2.28. The fraction of sp³-hybridized carbons (Fsp3) is 0.217. The van der Waals surface area contributed by atoms with Gasteiger partial charge in [-0.05, 0) is 54.6 Å². The Kier molecular flexibility index (Phi) is 6.45. The van der Waals surface area contributed by atoms with Crippen LogP contribution >= 0.6 is 11.6 Å². The van der Waals surface area contributed by atoms with Gasteiger partial charge in [-0.15, -0.1) is 0 Å². The lowest BCUT2D eigenvalue weighted by atomic mass is 10.0. The van der Waals surface area contributed by atoms with E-state index in [1.807, 2.05) is 36.4 Å². The van der Waals surface area contributed by atoms with Crippen molar-refractivity contribution < 1.29 is 17.9 Å². The first-order chi connectivity index (χ1) is 15.4. The number of benzene rings is 3. The van der Waals surface area contributed by atoms with E-state index in [1.54, 1.807) is 13.3 Å². The molecule has 0 spiro atoms. The zero-order chi connectivity index (χ0) is 22.7. The monoisotopic (exact) mass is 471 g/mol. The van der Waals surface area contributed by atoms with E-state index < -0.39 is 22.0 Å². The Hall–Kier alpha value is -2.94. The lowest BCUT2D eigenvalue weighted by Crippen LogP contribution is -2.44. The molecule has 1 aliphatic rings. The summed E-state index contributed by atoms with van der Waals surface area (Å²) in [4.78, 5) is 12.9. The van der Waals surface area contributed by atoms with Crippen LogP contribution in [0, 0.1) is 0 Å². The van der Waals surface area contributed by atoms with E-state index >= 15 is 0 Å². The lowest BCUT2D eigenvalue weighted by Gasteiger charge is -2.22. The molecule has 0 saturated carbocycles. The highest BCUT2D eigenvalue weighted by atomic mass is 35.5. The van der Waals surface area contributed by atoms with Gasteiger partial charge in [0.1, 0.15) is 11.8 Å². The number of halogens is 1. The summed E-state index contributed by atoms with van der Waals surface area (Å²) >= 11 is 5.87. The maximum atomic E-state index is 13.0. The van der Waals surface area contributed by atoms with Gasteiger partial charge in [-0.1, -0.05) is 35.9 Å². The van der Waals surface area contributed by atoms with Crippen molar-refractivity contribution in [2.45, 2.75) is 23.8 Å². The molecule has 7 nitrogen and oxygen atoms in total. The molecule has 4 rings (SSSR count). The van der Waals surface area contributed by atoms with E-state index in [2.05, 4.69) is 10.5 Å². The fourth-order valence-corrected chi connectivity index (χ4v) is 5.64. The molecule has 1 amide bonds. The SMILES string of the molecule is COc1ccc(/C=N\NC(=O)[C@@H]2CCCN2S(=O)(=O)c2ccc(Cl)cc2)c2ccccc12. The zero-order valence-electron chi connectivity index (χ0n) is 17.4. The number of hydrogen-bond acceptors (Lipinski definition) is 5. The molecule has 9 heteroatoms. The molecular weight excluding hydrogens is 450 g/mol. The van der Waals surface area contributed by atoms with Crippen LogP contribution in [-0.4, -0.2) is 44.5 Å². The van der Waals surface area contributed by atoms with Crippen LogP contribution in [0.3, 0.4) is 0 Å². The number of sulfonamides is 1. The van der Waals surface area contributed by atoms with E-state index in [0.717, 1.165) is 22.1 Å². The third kappa shape index (κ3) is 4.34. The van der Waals surface area contributed by atoms with Crippen LogP contribution in [0.4, 0.5) is 0 Å². The van der Waals surface area contributed by atoms with Crippen molar-refractivity contribution >= 4 is 44.5 Å². The van der Waals surface area contributed by atoms with Gasteiger partial charge in [-0.2, -0.15) is 9.41 Å². The summed E-state index contributed by atoms with van der Waals surface area (Å²) in [6, 6.07) is 16.5. The fourth-order valence-electron chi connectivity index (χ4n) is 3.86. The first-order valence-electron chi connectivity index (χ1n) is 10.1. The summed E-state index contributed by atoms with van der Waals surface area (Å²) < 4.78 is 32.7. The predicted molar refractivity (Wildman–Crippen MR) is 125 cm³/mol. The maximum Gasteiger partial charge on any atom is 0.258 e. The van der Waals surface area contributed by atoms with Gasteiger partial charge in [0, 0.05) is 22.5 Å². The summed E-state index contributed by atoms with van der Waals surface area (Å²) in [5.41, 5.74) is 3.31. The summed E-state index contributed by atoms with van der Waals surface area (Å²) in [5, 5.41) is 6.39. The molecule has 1 saturated heterocycles. The van der Waals surface area contributed by atoms with E-state index in [0.29, 0.717) is 17.9 Å². The van der Waals surface area contributed by atoms with Gasteiger partial charge in [0.15, 0.2) is 0 Å². The minimum Gasteiger partial charge on any atom is -0.496 e. The second kappa shape index (κ2) is 9.28. The highest BCUT2D eigenvalue weighted by molar-refractivity contribution is 7.89. The Morgan fingerprint density at radius 1 is 1.12 bits per heavy atom. The van der Waals surface area contributed by atoms with E-state index in [1.165, 1.54) is 28.6 Å². The summed E-state index contributed by atoms with van der Waals surface area (Å²) in [6.45, 7) is 0.274. The minimum absolute atomic E-state index is 0.106. The largest absolute Gasteiger partial charge is 0.496 e. The molecule has 166 valence electrons. The number of fused-ring (bicyclic) bond motifs is 1. The van der Waals surface area contributed by atoms with Gasteiger partial charge in [-0.3, -0.25) is 4.79 Å². The van der Waals surface area contributed by atoms with Crippen LogP contribution in [0.25, 0.3) is 10.8 Å². The van der Waals surface area contributed by atoms with Crippen molar-refractivity contribution in [1.29, 1.82) is 0 Å². The Morgan fingerprint density at radius 2 is 1.84 bits per heavy atom. The molecule has 0 unspecified atom stereocenters. The Bertz CT molecular complexity index is 1280.